The molecule has 1 saturated carbocycles. The van der Waals surface area contributed by atoms with Gasteiger partial charge in [0, 0.05) is 36.2 Å². The number of benzene rings is 2. The second-order valence-electron chi connectivity index (χ2n) is 7.43. The third-order valence-corrected chi connectivity index (χ3v) is 8.40. The molecule has 1 aliphatic carbocycles. The van der Waals surface area contributed by atoms with Gasteiger partial charge in [-0.15, -0.1) is 13.2 Å². The van der Waals surface area contributed by atoms with E-state index >= 15 is 0 Å². The molecule has 29 heavy (non-hydrogen) atoms. The average Bonchev–Trinajstić information content (AvgIpc) is 3.60. The Morgan fingerprint density at radius 2 is 1.52 bits per heavy atom. The van der Waals surface area contributed by atoms with Crippen LogP contribution < -0.4 is 15.7 Å². The van der Waals surface area contributed by atoms with Crippen molar-refractivity contribution in [2.24, 2.45) is 5.92 Å². The molecule has 0 radical (unpaired) electrons. The fourth-order valence-corrected chi connectivity index (χ4v) is 6.41. The summed E-state index contributed by atoms with van der Waals surface area (Å²) in [5.41, 5.74) is 0. The van der Waals surface area contributed by atoms with Crippen LogP contribution in [0.4, 0.5) is 0 Å². The van der Waals surface area contributed by atoms with Gasteiger partial charge < -0.3 is 4.90 Å². The molecule has 0 heterocycles. The molecule has 0 amide bonds. The lowest BCUT2D eigenvalue weighted by Gasteiger charge is -2.30. The number of hydrogen-bond donors (Lipinski definition) is 1. The van der Waals surface area contributed by atoms with E-state index in [1.54, 1.807) is 0 Å². The summed E-state index contributed by atoms with van der Waals surface area (Å²) in [6.45, 7) is 9.05. The van der Waals surface area contributed by atoms with Gasteiger partial charge in [-0.25, -0.2) is 0 Å². The predicted molar refractivity (Wildman–Crippen MR) is 129 cm³/mol. The minimum Gasteiger partial charge on any atom is -0.359 e. The summed E-state index contributed by atoms with van der Waals surface area (Å²) in [4.78, 5) is 2.96. The molecule has 2 aromatic carbocycles. The predicted octanol–water partition coefficient (Wildman–Crippen LogP) is 4.68. The summed E-state index contributed by atoms with van der Waals surface area (Å²) in [6.07, 6.45) is 6.69. The second kappa shape index (κ2) is 10.2. The van der Waals surface area contributed by atoms with Crippen LogP contribution in [0.5, 0.6) is 0 Å². The summed E-state index contributed by atoms with van der Waals surface area (Å²) in [7, 11) is -2.98. The zero-order chi connectivity index (χ0) is 20.7. The third kappa shape index (κ3) is 5.54. The molecular formula is C24H29N2OPS. The Bertz CT molecular complexity index is 827. The minimum atomic E-state index is -2.98. The molecule has 0 spiro atoms. The molecule has 1 atom stereocenters. The normalized spacial score (nSPS) is 14.8. The van der Waals surface area contributed by atoms with E-state index < -0.39 is 7.29 Å². The molecule has 0 saturated heterocycles. The Hall–Kier alpha value is -2.00. The molecule has 0 aliphatic heterocycles. The molecule has 3 rings (SSSR count). The van der Waals surface area contributed by atoms with Crippen molar-refractivity contribution in [3.8, 4) is 0 Å². The molecule has 0 unspecified atom stereocenters. The summed E-state index contributed by atoms with van der Waals surface area (Å²) < 4.78 is 14.4. The maximum atomic E-state index is 14.4. The van der Waals surface area contributed by atoms with Crippen molar-refractivity contribution >= 4 is 35.1 Å². The van der Waals surface area contributed by atoms with E-state index in [1.807, 2.05) is 72.8 Å². The summed E-state index contributed by atoms with van der Waals surface area (Å²) in [6, 6.07) is 19.6. The maximum Gasteiger partial charge on any atom is 0.204 e. The number of rotatable bonds is 11. The van der Waals surface area contributed by atoms with Crippen molar-refractivity contribution in [2.75, 3.05) is 13.1 Å². The van der Waals surface area contributed by atoms with Crippen LogP contribution in [0.15, 0.2) is 86.0 Å². The van der Waals surface area contributed by atoms with Gasteiger partial charge >= 0.3 is 0 Å². The van der Waals surface area contributed by atoms with Gasteiger partial charge in [0.1, 0.15) is 0 Å². The van der Waals surface area contributed by atoms with Crippen LogP contribution >= 0.6 is 19.5 Å². The standard InChI is InChI=1S/C24H29N2OPS/c1-3-17-26(18-4-2)24(29)19-23(20-15-16-20)25-28(27,21-11-7-5-8-12-21)22-13-9-6-10-14-22/h3-14,20,23H,1-2,15-19H2,(H,25,27)/t23-/m1/s1. The fraction of sp³-hybridized carbons (Fsp3) is 0.292. The maximum absolute atomic E-state index is 14.4. The monoisotopic (exact) mass is 424 g/mol. The Labute approximate surface area is 179 Å². The van der Waals surface area contributed by atoms with Gasteiger partial charge in [-0.1, -0.05) is 60.8 Å². The Balaban J connectivity index is 1.88. The van der Waals surface area contributed by atoms with Gasteiger partial charge in [0.05, 0.1) is 4.99 Å². The van der Waals surface area contributed by atoms with Crippen molar-refractivity contribution in [1.29, 1.82) is 0 Å². The van der Waals surface area contributed by atoms with E-state index in [4.69, 9.17) is 12.2 Å². The van der Waals surface area contributed by atoms with Crippen LogP contribution in [-0.2, 0) is 4.57 Å². The highest BCUT2D eigenvalue weighted by Gasteiger charge is 2.38. The first-order valence-corrected chi connectivity index (χ1v) is 12.2. The van der Waals surface area contributed by atoms with Crippen LogP contribution in [0.3, 0.4) is 0 Å². The van der Waals surface area contributed by atoms with Gasteiger partial charge in [-0.3, -0.25) is 9.65 Å². The van der Waals surface area contributed by atoms with Crippen LogP contribution in [0.2, 0.25) is 0 Å². The smallest absolute Gasteiger partial charge is 0.204 e. The van der Waals surface area contributed by atoms with E-state index in [0.717, 1.165) is 28.4 Å². The van der Waals surface area contributed by atoms with E-state index in [9.17, 15) is 4.57 Å². The van der Waals surface area contributed by atoms with E-state index in [-0.39, 0.29) is 6.04 Å². The van der Waals surface area contributed by atoms with Crippen molar-refractivity contribution in [3.05, 3.63) is 86.0 Å². The van der Waals surface area contributed by atoms with Gasteiger partial charge in [0.2, 0.25) is 7.29 Å². The number of hydrogen-bond acceptors (Lipinski definition) is 2. The topological polar surface area (TPSA) is 32.3 Å². The molecule has 1 fully saturated rings. The van der Waals surface area contributed by atoms with Crippen molar-refractivity contribution in [2.45, 2.75) is 25.3 Å². The summed E-state index contributed by atoms with van der Waals surface area (Å²) in [5.74, 6) is 0.503. The van der Waals surface area contributed by atoms with Crippen LogP contribution in [0.25, 0.3) is 0 Å². The van der Waals surface area contributed by atoms with Crippen molar-refractivity contribution in [1.82, 2.24) is 9.99 Å². The zero-order valence-electron chi connectivity index (χ0n) is 16.7. The number of thiocarbonyl (C=S) groups is 1. The van der Waals surface area contributed by atoms with Crippen LogP contribution in [-0.4, -0.2) is 29.0 Å². The van der Waals surface area contributed by atoms with E-state index in [1.165, 1.54) is 0 Å². The highest BCUT2D eigenvalue weighted by atomic mass is 32.1. The van der Waals surface area contributed by atoms with Crippen molar-refractivity contribution in [3.63, 3.8) is 0 Å². The average molecular weight is 425 g/mol. The summed E-state index contributed by atoms with van der Waals surface area (Å²) in [5, 5.41) is 5.25. The zero-order valence-corrected chi connectivity index (χ0v) is 18.5. The van der Waals surface area contributed by atoms with Gasteiger partial charge in [0.25, 0.3) is 0 Å². The first kappa shape index (κ1) is 21.7. The molecular weight excluding hydrogens is 395 g/mol. The lowest BCUT2D eigenvalue weighted by Crippen LogP contribution is -2.41. The number of nitrogens with one attached hydrogen (secondary N) is 1. The molecule has 0 aromatic heterocycles. The molecule has 5 heteroatoms. The second-order valence-corrected chi connectivity index (χ2v) is 10.4. The quantitative estimate of drug-likeness (QED) is 0.323. The van der Waals surface area contributed by atoms with Crippen LogP contribution in [0.1, 0.15) is 19.3 Å². The largest absolute Gasteiger partial charge is 0.359 e. The molecule has 0 bridgehead atoms. The molecule has 152 valence electrons. The minimum absolute atomic E-state index is 0.0749. The number of nitrogens with zero attached hydrogens (tertiary/aromatic N) is 1. The molecule has 1 N–H and O–H groups in total. The van der Waals surface area contributed by atoms with E-state index in [0.29, 0.717) is 25.4 Å². The van der Waals surface area contributed by atoms with Gasteiger partial charge in [-0.2, -0.15) is 0 Å². The van der Waals surface area contributed by atoms with E-state index in [2.05, 4.69) is 23.1 Å². The van der Waals surface area contributed by atoms with Crippen molar-refractivity contribution < 1.29 is 4.57 Å². The SMILES string of the molecule is C=CCN(CC=C)C(=S)C[C@@H](NP(=O)(c1ccccc1)c1ccccc1)C1CC1. The molecule has 3 nitrogen and oxygen atoms in total. The highest BCUT2D eigenvalue weighted by molar-refractivity contribution is 7.80. The third-order valence-electron chi connectivity index (χ3n) is 5.22. The Kier molecular flexibility index (Phi) is 7.60. The van der Waals surface area contributed by atoms with Gasteiger partial charge in [-0.05, 0) is 43.0 Å². The Morgan fingerprint density at radius 3 is 1.93 bits per heavy atom. The Morgan fingerprint density at radius 1 is 1.03 bits per heavy atom. The highest BCUT2D eigenvalue weighted by Crippen LogP contribution is 2.44. The van der Waals surface area contributed by atoms with Gasteiger partial charge in [0.15, 0.2) is 0 Å². The lowest BCUT2D eigenvalue weighted by molar-refractivity contribution is 0.478. The molecule has 1 aliphatic rings. The lowest BCUT2D eigenvalue weighted by atomic mass is 10.1. The first-order valence-electron chi connectivity index (χ1n) is 10.1. The fourth-order valence-electron chi connectivity index (χ4n) is 3.53. The molecule has 2 aromatic rings. The van der Waals surface area contributed by atoms with Crippen LogP contribution in [0, 0.1) is 5.92 Å². The first-order chi connectivity index (χ1) is 14.1. The summed E-state index contributed by atoms with van der Waals surface area (Å²) >= 11 is 5.75.